The Hall–Kier alpha value is -3.80. The van der Waals surface area contributed by atoms with Crippen LogP contribution in [0, 0.1) is 5.82 Å². The zero-order valence-electron chi connectivity index (χ0n) is 14.6. The molecule has 1 N–H and O–H groups in total. The summed E-state index contributed by atoms with van der Waals surface area (Å²) in [6.07, 6.45) is 1.53. The van der Waals surface area contributed by atoms with Crippen molar-refractivity contribution in [2.75, 3.05) is 4.90 Å². The lowest BCUT2D eigenvalue weighted by atomic mass is 9.98. The Kier molecular flexibility index (Phi) is 4.45. The summed E-state index contributed by atoms with van der Waals surface area (Å²) in [6.45, 7) is 0. The SMILES string of the molecule is O=C1C(=O)N(c2cccc(F)c2)C(c2ccccn2)/C1=C(\O)c1ccccc1. The van der Waals surface area contributed by atoms with Crippen LogP contribution in [0.4, 0.5) is 10.1 Å². The maximum Gasteiger partial charge on any atom is 0.300 e. The third-order valence-electron chi connectivity index (χ3n) is 4.55. The minimum absolute atomic E-state index is 0.0841. The number of ketones is 1. The molecule has 1 amide bonds. The predicted molar refractivity (Wildman–Crippen MR) is 102 cm³/mol. The summed E-state index contributed by atoms with van der Waals surface area (Å²) in [4.78, 5) is 31.1. The third kappa shape index (κ3) is 2.95. The van der Waals surface area contributed by atoms with Gasteiger partial charge in [-0.25, -0.2) is 4.39 Å². The van der Waals surface area contributed by atoms with E-state index in [2.05, 4.69) is 4.98 Å². The summed E-state index contributed by atoms with van der Waals surface area (Å²) in [5.74, 6) is -2.53. The van der Waals surface area contributed by atoms with E-state index in [-0.39, 0.29) is 17.0 Å². The minimum Gasteiger partial charge on any atom is -0.507 e. The van der Waals surface area contributed by atoms with Crippen LogP contribution < -0.4 is 4.90 Å². The van der Waals surface area contributed by atoms with E-state index in [1.807, 2.05) is 0 Å². The Bertz CT molecular complexity index is 1080. The highest BCUT2D eigenvalue weighted by Crippen LogP contribution is 2.41. The lowest BCUT2D eigenvalue weighted by Gasteiger charge is -2.24. The van der Waals surface area contributed by atoms with Crippen LogP contribution in [0.25, 0.3) is 5.76 Å². The van der Waals surface area contributed by atoms with E-state index in [1.165, 1.54) is 35.4 Å². The van der Waals surface area contributed by atoms with E-state index < -0.39 is 23.5 Å². The van der Waals surface area contributed by atoms with Crippen molar-refractivity contribution >= 4 is 23.1 Å². The van der Waals surface area contributed by atoms with Crippen molar-refractivity contribution in [1.82, 2.24) is 4.98 Å². The molecular formula is C22H15FN2O3. The normalized spacial score (nSPS) is 18.5. The zero-order chi connectivity index (χ0) is 19.7. The van der Waals surface area contributed by atoms with Gasteiger partial charge in [-0.1, -0.05) is 42.5 Å². The molecule has 1 aromatic heterocycles. The molecule has 1 unspecified atom stereocenters. The standard InChI is InChI=1S/C22H15FN2O3/c23-15-9-6-10-16(13-15)25-19(17-11-4-5-12-24-17)18(21(27)22(25)28)20(26)14-7-2-1-3-8-14/h1-13,19,26H/b20-18+. The van der Waals surface area contributed by atoms with Crippen LogP contribution in [-0.2, 0) is 9.59 Å². The van der Waals surface area contributed by atoms with Crippen molar-refractivity contribution in [3.05, 3.63) is 102 Å². The monoisotopic (exact) mass is 374 g/mol. The Labute approximate surface area is 160 Å². The fraction of sp³-hybridized carbons (Fsp3) is 0.0455. The highest BCUT2D eigenvalue weighted by atomic mass is 19.1. The second-order valence-corrected chi connectivity index (χ2v) is 6.27. The first kappa shape index (κ1) is 17.6. The van der Waals surface area contributed by atoms with Gasteiger partial charge in [0.1, 0.15) is 17.6 Å². The van der Waals surface area contributed by atoms with Crippen molar-refractivity contribution in [2.45, 2.75) is 6.04 Å². The zero-order valence-corrected chi connectivity index (χ0v) is 14.6. The summed E-state index contributed by atoms with van der Waals surface area (Å²) in [5, 5.41) is 10.8. The summed E-state index contributed by atoms with van der Waals surface area (Å²) in [7, 11) is 0. The van der Waals surface area contributed by atoms with Gasteiger partial charge in [0, 0.05) is 17.4 Å². The van der Waals surface area contributed by atoms with Gasteiger partial charge in [-0.15, -0.1) is 0 Å². The molecule has 2 heterocycles. The first-order valence-electron chi connectivity index (χ1n) is 8.61. The third-order valence-corrected chi connectivity index (χ3v) is 4.55. The Morgan fingerprint density at radius 2 is 1.71 bits per heavy atom. The Morgan fingerprint density at radius 1 is 0.964 bits per heavy atom. The number of nitrogens with zero attached hydrogens (tertiary/aromatic N) is 2. The minimum atomic E-state index is -0.969. The van der Waals surface area contributed by atoms with Crippen LogP contribution in [0.5, 0.6) is 0 Å². The maximum atomic E-state index is 13.8. The quantitative estimate of drug-likeness (QED) is 0.430. The molecule has 1 aliphatic heterocycles. The average Bonchev–Trinajstić information content (AvgIpc) is 3.00. The van der Waals surface area contributed by atoms with Crippen LogP contribution in [0.3, 0.4) is 0 Å². The molecule has 28 heavy (non-hydrogen) atoms. The van der Waals surface area contributed by atoms with Gasteiger partial charge >= 0.3 is 0 Å². The number of carbonyl (C=O) groups is 2. The smallest absolute Gasteiger partial charge is 0.300 e. The number of rotatable bonds is 3. The van der Waals surface area contributed by atoms with Crippen molar-refractivity contribution in [3.63, 3.8) is 0 Å². The number of amides is 1. The maximum absolute atomic E-state index is 13.8. The molecule has 6 heteroatoms. The summed E-state index contributed by atoms with van der Waals surface area (Å²) >= 11 is 0. The molecule has 4 rings (SSSR count). The van der Waals surface area contributed by atoms with Crippen LogP contribution >= 0.6 is 0 Å². The molecule has 0 bridgehead atoms. The summed E-state index contributed by atoms with van der Waals surface area (Å²) in [5.41, 5.74) is 0.924. The van der Waals surface area contributed by atoms with Gasteiger partial charge in [-0.3, -0.25) is 19.5 Å². The van der Waals surface area contributed by atoms with Gasteiger partial charge in [0.2, 0.25) is 0 Å². The molecule has 0 radical (unpaired) electrons. The molecule has 0 aliphatic carbocycles. The second-order valence-electron chi connectivity index (χ2n) is 6.27. The van der Waals surface area contributed by atoms with Gasteiger partial charge in [0.25, 0.3) is 11.7 Å². The molecule has 3 aromatic rings. The van der Waals surface area contributed by atoms with Crippen LogP contribution in [0.1, 0.15) is 17.3 Å². The predicted octanol–water partition coefficient (Wildman–Crippen LogP) is 3.85. The van der Waals surface area contributed by atoms with Gasteiger partial charge in [-0.2, -0.15) is 0 Å². The first-order chi connectivity index (χ1) is 13.6. The molecule has 0 spiro atoms. The van der Waals surface area contributed by atoms with Crippen molar-refractivity contribution in [1.29, 1.82) is 0 Å². The van der Waals surface area contributed by atoms with E-state index in [9.17, 15) is 19.1 Å². The fourth-order valence-corrected chi connectivity index (χ4v) is 3.29. The molecule has 1 aliphatic rings. The van der Waals surface area contributed by atoms with Gasteiger partial charge < -0.3 is 5.11 Å². The molecule has 5 nitrogen and oxygen atoms in total. The number of anilines is 1. The lowest BCUT2D eigenvalue weighted by molar-refractivity contribution is -0.132. The molecule has 1 fully saturated rings. The van der Waals surface area contributed by atoms with Gasteiger partial charge in [0.05, 0.1) is 11.3 Å². The number of carbonyl (C=O) groups excluding carboxylic acids is 2. The topological polar surface area (TPSA) is 70.5 Å². The van der Waals surface area contributed by atoms with Crippen LogP contribution in [0.2, 0.25) is 0 Å². The molecule has 1 saturated heterocycles. The second kappa shape index (κ2) is 7.08. The van der Waals surface area contributed by atoms with Crippen LogP contribution in [0.15, 0.2) is 84.6 Å². The number of benzene rings is 2. The average molecular weight is 374 g/mol. The van der Waals surface area contributed by atoms with Crippen molar-refractivity contribution in [2.24, 2.45) is 0 Å². The number of Topliss-reactive ketones (excluding diaryl/α,β-unsaturated/α-hetero) is 1. The Morgan fingerprint density at radius 3 is 2.39 bits per heavy atom. The fourth-order valence-electron chi connectivity index (χ4n) is 3.29. The van der Waals surface area contributed by atoms with Gasteiger partial charge in [-0.05, 0) is 30.3 Å². The highest BCUT2D eigenvalue weighted by Gasteiger charge is 2.47. The number of aromatic nitrogens is 1. The van der Waals surface area contributed by atoms with Crippen LogP contribution in [-0.4, -0.2) is 21.8 Å². The van der Waals surface area contributed by atoms with Crippen molar-refractivity contribution < 1.29 is 19.1 Å². The number of hydrogen-bond donors (Lipinski definition) is 1. The van der Waals surface area contributed by atoms with E-state index in [0.717, 1.165) is 0 Å². The molecule has 2 aromatic carbocycles. The summed E-state index contributed by atoms with van der Waals surface area (Å²) < 4.78 is 13.8. The van der Waals surface area contributed by atoms with Gasteiger partial charge in [0.15, 0.2) is 0 Å². The van der Waals surface area contributed by atoms with E-state index in [1.54, 1.807) is 48.5 Å². The van der Waals surface area contributed by atoms with E-state index in [4.69, 9.17) is 0 Å². The van der Waals surface area contributed by atoms with Crippen molar-refractivity contribution in [3.8, 4) is 0 Å². The molecule has 1 atom stereocenters. The van der Waals surface area contributed by atoms with E-state index in [0.29, 0.717) is 11.3 Å². The highest BCUT2D eigenvalue weighted by molar-refractivity contribution is 6.51. The number of hydrogen-bond acceptors (Lipinski definition) is 4. The number of aliphatic hydroxyl groups excluding tert-OH is 1. The molecule has 138 valence electrons. The molecular weight excluding hydrogens is 359 g/mol. The first-order valence-corrected chi connectivity index (χ1v) is 8.61. The van der Waals surface area contributed by atoms with E-state index >= 15 is 0 Å². The lowest BCUT2D eigenvalue weighted by Crippen LogP contribution is -2.29. The Balaban J connectivity index is 1.95. The number of pyridine rings is 1. The number of halogens is 1. The summed E-state index contributed by atoms with van der Waals surface area (Å²) in [6, 6.07) is 18.0. The molecule has 0 saturated carbocycles. The number of aliphatic hydroxyl groups is 1. The largest absolute Gasteiger partial charge is 0.507 e.